The number of carbonyl (C=O) groups excluding carboxylic acids is 2. The Morgan fingerprint density at radius 1 is 1.35 bits per heavy atom. The number of nitrogens with one attached hydrogen (secondary N) is 1. The number of carbonyl (C=O) groups is 2. The quantitative estimate of drug-likeness (QED) is 0.834. The SMILES string of the molecule is CC(C)CCC1=NC2(CCN(C(=O)[C@H]3CCOC(C)(C)C3)CC2)C(=O)N1. The molecular weight excluding hydrogens is 330 g/mol. The molecule has 6 heteroatoms. The van der Waals surface area contributed by atoms with Crippen molar-refractivity contribution >= 4 is 17.6 Å². The summed E-state index contributed by atoms with van der Waals surface area (Å²) in [5, 5.41) is 2.98. The van der Waals surface area contributed by atoms with Crippen molar-refractivity contribution in [3.8, 4) is 0 Å². The number of ether oxygens (including phenoxy) is 1. The van der Waals surface area contributed by atoms with E-state index in [1.165, 1.54) is 0 Å². The lowest BCUT2D eigenvalue weighted by molar-refractivity contribution is -0.147. The van der Waals surface area contributed by atoms with Gasteiger partial charge in [0.05, 0.1) is 5.60 Å². The Morgan fingerprint density at radius 2 is 2.04 bits per heavy atom. The second-order valence-corrected chi connectivity index (χ2v) is 9.10. The van der Waals surface area contributed by atoms with Gasteiger partial charge in [-0.2, -0.15) is 0 Å². The predicted octanol–water partition coefficient (Wildman–Crippen LogP) is 2.52. The van der Waals surface area contributed by atoms with Gasteiger partial charge in [-0.3, -0.25) is 14.6 Å². The summed E-state index contributed by atoms with van der Waals surface area (Å²) in [4.78, 5) is 32.1. The lowest BCUT2D eigenvalue weighted by Crippen LogP contribution is -2.52. The van der Waals surface area contributed by atoms with Gasteiger partial charge in [-0.1, -0.05) is 13.8 Å². The Kier molecular flexibility index (Phi) is 5.42. The fraction of sp³-hybridized carbons (Fsp3) is 0.850. The molecule has 1 atom stereocenters. The number of hydrogen-bond donors (Lipinski definition) is 1. The Balaban J connectivity index is 1.58. The van der Waals surface area contributed by atoms with Gasteiger partial charge in [0.1, 0.15) is 11.4 Å². The van der Waals surface area contributed by atoms with Crippen LogP contribution in [0.2, 0.25) is 0 Å². The summed E-state index contributed by atoms with van der Waals surface area (Å²) in [5.41, 5.74) is -0.866. The molecule has 0 radical (unpaired) electrons. The van der Waals surface area contributed by atoms with Crippen molar-refractivity contribution < 1.29 is 14.3 Å². The third-order valence-electron chi connectivity index (χ3n) is 5.94. The maximum Gasteiger partial charge on any atom is 0.253 e. The lowest BCUT2D eigenvalue weighted by Gasteiger charge is -2.40. The Hall–Kier alpha value is -1.43. The van der Waals surface area contributed by atoms with Crippen LogP contribution in [0.3, 0.4) is 0 Å². The van der Waals surface area contributed by atoms with Crippen LogP contribution in [0.5, 0.6) is 0 Å². The molecule has 6 nitrogen and oxygen atoms in total. The lowest BCUT2D eigenvalue weighted by atomic mass is 9.84. The number of aliphatic imine (C=N–C) groups is 1. The molecule has 2 fully saturated rings. The van der Waals surface area contributed by atoms with Crippen LogP contribution in [0.25, 0.3) is 0 Å². The van der Waals surface area contributed by atoms with Crippen LogP contribution in [0.1, 0.15) is 66.2 Å². The molecule has 0 aromatic carbocycles. The molecular formula is C20H33N3O3. The fourth-order valence-electron chi connectivity index (χ4n) is 4.26. The van der Waals surface area contributed by atoms with E-state index >= 15 is 0 Å². The summed E-state index contributed by atoms with van der Waals surface area (Å²) in [7, 11) is 0. The Bertz CT molecular complexity index is 589. The molecule has 3 aliphatic heterocycles. The zero-order valence-corrected chi connectivity index (χ0v) is 16.6. The van der Waals surface area contributed by atoms with Gasteiger partial charge in [-0.15, -0.1) is 0 Å². The van der Waals surface area contributed by atoms with Crippen molar-refractivity contribution in [2.24, 2.45) is 16.8 Å². The number of rotatable bonds is 4. The molecule has 1 spiro atoms. The van der Waals surface area contributed by atoms with Gasteiger partial charge in [0.15, 0.2) is 0 Å². The van der Waals surface area contributed by atoms with E-state index in [-0.39, 0.29) is 23.3 Å². The largest absolute Gasteiger partial charge is 0.376 e. The van der Waals surface area contributed by atoms with Crippen molar-refractivity contribution in [2.45, 2.75) is 77.4 Å². The molecule has 0 aliphatic carbocycles. The topological polar surface area (TPSA) is 71.0 Å². The monoisotopic (exact) mass is 363 g/mol. The van der Waals surface area contributed by atoms with Crippen LogP contribution >= 0.6 is 0 Å². The van der Waals surface area contributed by atoms with E-state index in [4.69, 9.17) is 9.73 Å². The minimum absolute atomic E-state index is 0.0237. The van der Waals surface area contributed by atoms with Crippen molar-refractivity contribution in [1.29, 1.82) is 0 Å². The summed E-state index contributed by atoms with van der Waals surface area (Å²) < 4.78 is 5.73. The maximum atomic E-state index is 12.9. The predicted molar refractivity (Wildman–Crippen MR) is 101 cm³/mol. The first kappa shape index (κ1) is 19.3. The molecule has 26 heavy (non-hydrogen) atoms. The summed E-state index contributed by atoms with van der Waals surface area (Å²) in [6, 6.07) is 0. The van der Waals surface area contributed by atoms with E-state index < -0.39 is 5.54 Å². The molecule has 0 aromatic heterocycles. The standard InChI is InChI=1S/C20H33N3O3/c1-14(2)5-6-16-21-18(25)20(22-16)8-10-23(11-9-20)17(24)15-7-12-26-19(3,4)13-15/h14-15H,5-13H2,1-4H3,(H,21,22,25)/t15-/m0/s1. The highest BCUT2D eigenvalue weighted by atomic mass is 16.5. The van der Waals surface area contributed by atoms with Crippen molar-refractivity contribution in [3.05, 3.63) is 0 Å². The van der Waals surface area contributed by atoms with Gasteiger partial charge in [0.2, 0.25) is 5.91 Å². The molecule has 3 aliphatic rings. The number of piperidine rings is 1. The van der Waals surface area contributed by atoms with Crippen LogP contribution in [-0.2, 0) is 14.3 Å². The number of likely N-dealkylation sites (tertiary alicyclic amines) is 1. The first-order valence-electron chi connectivity index (χ1n) is 10.0. The third-order valence-corrected chi connectivity index (χ3v) is 5.94. The first-order valence-corrected chi connectivity index (χ1v) is 10.0. The zero-order valence-electron chi connectivity index (χ0n) is 16.6. The summed E-state index contributed by atoms with van der Waals surface area (Å²) >= 11 is 0. The highest BCUT2D eigenvalue weighted by Gasteiger charge is 2.47. The summed E-state index contributed by atoms with van der Waals surface area (Å²) in [6.07, 6.45) is 4.67. The number of nitrogens with zero attached hydrogens (tertiary/aromatic N) is 2. The fourth-order valence-corrected chi connectivity index (χ4v) is 4.26. The first-order chi connectivity index (χ1) is 12.2. The van der Waals surface area contributed by atoms with E-state index in [0.29, 0.717) is 38.5 Å². The van der Waals surface area contributed by atoms with Gasteiger partial charge in [0, 0.05) is 32.0 Å². The molecule has 146 valence electrons. The number of hydrogen-bond acceptors (Lipinski definition) is 4. The number of amides is 2. The summed E-state index contributed by atoms with van der Waals surface area (Å²) in [5.74, 6) is 1.70. The van der Waals surface area contributed by atoms with E-state index in [0.717, 1.165) is 31.5 Å². The average molecular weight is 364 g/mol. The highest BCUT2D eigenvalue weighted by molar-refractivity contribution is 6.08. The molecule has 1 N–H and O–H groups in total. The van der Waals surface area contributed by atoms with Crippen LogP contribution < -0.4 is 5.32 Å². The second kappa shape index (κ2) is 7.29. The van der Waals surface area contributed by atoms with Crippen LogP contribution in [0.4, 0.5) is 0 Å². The molecule has 2 saturated heterocycles. The zero-order chi connectivity index (χ0) is 18.9. The Morgan fingerprint density at radius 3 is 2.65 bits per heavy atom. The molecule has 2 amide bonds. The maximum absolute atomic E-state index is 12.9. The van der Waals surface area contributed by atoms with Crippen LogP contribution in [-0.4, -0.2) is 53.4 Å². The van der Waals surface area contributed by atoms with Crippen LogP contribution in [0, 0.1) is 11.8 Å². The smallest absolute Gasteiger partial charge is 0.253 e. The van der Waals surface area contributed by atoms with Crippen molar-refractivity contribution in [2.75, 3.05) is 19.7 Å². The van der Waals surface area contributed by atoms with Crippen molar-refractivity contribution in [1.82, 2.24) is 10.2 Å². The molecule has 3 heterocycles. The Labute approximate surface area is 156 Å². The molecule has 0 saturated carbocycles. The van der Waals surface area contributed by atoms with E-state index in [2.05, 4.69) is 19.2 Å². The van der Waals surface area contributed by atoms with Gasteiger partial charge < -0.3 is 15.0 Å². The molecule has 0 unspecified atom stereocenters. The van der Waals surface area contributed by atoms with E-state index in [1.807, 2.05) is 18.7 Å². The third kappa shape index (κ3) is 4.11. The summed E-state index contributed by atoms with van der Waals surface area (Å²) in [6.45, 7) is 10.3. The van der Waals surface area contributed by atoms with Gasteiger partial charge >= 0.3 is 0 Å². The van der Waals surface area contributed by atoms with Gasteiger partial charge in [-0.25, -0.2) is 0 Å². The highest BCUT2D eigenvalue weighted by Crippen LogP contribution is 2.34. The van der Waals surface area contributed by atoms with Gasteiger partial charge in [0.25, 0.3) is 5.91 Å². The van der Waals surface area contributed by atoms with Crippen molar-refractivity contribution in [3.63, 3.8) is 0 Å². The molecule has 0 aromatic rings. The minimum Gasteiger partial charge on any atom is -0.376 e. The van der Waals surface area contributed by atoms with E-state index in [9.17, 15) is 9.59 Å². The molecule has 3 rings (SSSR count). The van der Waals surface area contributed by atoms with E-state index in [1.54, 1.807) is 0 Å². The minimum atomic E-state index is -0.641. The van der Waals surface area contributed by atoms with Gasteiger partial charge in [-0.05, 0) is 51.9 Å². The second-order valence-electron chi connectivity index (χ2n) is 9.10. The van der Waals surface area contributed by atoms with Crippen LogP contribution in [0.15, 0.2) is 4.99 Å². The average Bonchev–Trinajstić information content (AvgIpc) is 2.88. The normalized spacial score (nSPS) is 27.6. The molecule has 0 bridgehead atoms. The number of amidine groups is 1.